The zero-order chi connectivity index (χ0) is 11.4. The number of aryl methyl sites for hydroxylation is 1. The van der Waals surface area contributed by atoms with Crippen LogP contribution in [-0.4, -0.2) is 40.5 Å². The van der Waals surface area contributed by atoms with Crippen molar-refractivity contribution in [2.45, 2.75) is 32.9 Å². The van der Waals surface area contributed by atoms with Gasteiger partial charge in [0.1, 0.15) is 0 Å². The minimum Gasteiger partial charge on any atom is -0.313 e. The Morgan fingerprint density at radius 1 is 1.38 bits per heavy atom. The topological polar surface area (TPSA) is 41.1 Å². The van der Waals surface area contributed by atoms with E-state index in [4.69, 9.17) is 0 Å². The fourth-order valence-electron chi connectivity index (χ4n) is 1.95. The molecule has 88 valence electrons. The predicted molar refractivity (Wildman–Crippen MR) is 64.1 cm³/mol. The maximum absolute atomic E-state index is 4.40. The minimum atomic E-state index is 0.633. The average molecular weight is 220 g/mol. The zero-order valence-electron chi connectivity index (χ0n) is 10.1. The number of hydrogen-bond donors (Lipinski definition) is 1. The Balaban J connectivity index is 1.91. The van der Waals surface area contributed by atoms with Crippen LogP contribution in [0.2, 0.25) is 0 Å². The molecule has 1 aliphatic rings. The molecule has 0 radical (unpaired) electrons. The molecule has 2 heterocycles. The lowest BCUT2D eigenvalue weighted by Gasteiger charge is -2.18. The number of rotatable bonds is 2. The maximum Gasteiger partial charge on any atom is 0.0727 e. The molecule has 0 amide bonds. The van der Waals surface area contributed by atoms with Crippen molar-refractivity contribution in [1.29, 1.82) is 0 Å². The van der Waals surface area contributed by atoms with Gasteiger partial charge in [0.25, 0.3) is 0 Å². The quantitative estimate of drug-likeness (QED) is 0.806. The summed E-state index contributed by atoms with van der Waals surface area (Å²) in [5.41, 5.74) is 2.05. The molecule has 1 fully saturated rings. The molecule has 0 saturated carbocycles. The highest BCUT2D eigenvalue weighted by molar-refractivity contribution is 5.00. The van der Waals surface area contributed by atoms with Crippen LogP contribution in [0.5, 0.6) is 0 Å². The normalized spacial score (nSPS) is 23.0. The van der Waals surface area contributed by atoms with Crippen LogP contribution in [0, 0.1) is 6.92 Å². The average Bonchev–Trinajstić information content (AvgIpc) is 2.47. The number of hydrogen-bond acceptors (Lipinski definition) is 4. The molecule has 0 bridgehead atoms. The molecule has 2 rings (SSSR count). The van der Waals surface area contributed by atoms with Crippen LogP contribution < -0.4 is 5.32 Å². The van der Waals surface area contributed by atoms with E-state index in [1.807, 2.05) is 19.3 Å². The number of nitrogens with zero attached hydrogens (tertiary/aromatic N) is 3. The van der Waals surface area contributed by atoms with Crippen molar-refractivity contribution in [3.63, 3.8) is 0 Å². The van der Waals surface area contributed by atoms with Gasteiger partial charge in [-0.05, 0) is 20.3 Å². The highest BCUT2D eigenvalue weighted by Crippen LogP contribution is 2.05. The third-order valence-electron chi connectivity index (χ3n) is 3.02. The molecule has 1 unspecified atom stereocenters. The van der Waals surface area contributed by atoms with Crippen LogP contribution in [-0.2, 0) is 6.54 Å². The maximum atomic E-state index is 4.40. The second kappa shape index (κ2) is 5.37. The lowest BCUT2D eigenvalue weighted by Crippen LogP contribution is -2.29. The fourth-order valence-corrected chi connectivity index (χ4v) is 1.95. The van der Waals surface area contributed by atoms with Crippen LogP contribution >= 0.6 is 0 Å². The summed E-state index contributed by atoms with van der Waals surface area (Å²) in [6.45, 7) is 8.44. The van der Waals surface area contributed by atoms with Crippen LogP contribution in [0.4, 0.5) is 0 Å². The molecule has 1 aromatic heterocycles. The van der Waals surface area contributed by atoms with Gasteiger partial charge in [0.2, 0.25) is 0 Å². The van der Waals surface area contributed by atoms with E-state index in [9.17, 15) is 0 Å². The Labute approximate surface area is 97.1 Å². The van der Waals surface area contributed by atoms with Crippen molar-refractivity contribution in [2.24, 2.45) is 0 Å². The van der Waals surface area contributed by atoms with Gasteiger partial charge in [-0.25, -0.2) is 0 Å². The molecule has 1 aliphatic heterocycles. The van der Waals surface area contributed by atoms with Crippen LogP contribution in [0.25, 0.3) is 0 Å². The molecule has 0 aromatic carbocycles. The van der Waals surface area contributed by atoms with Gasteiger partial charge in [0.15, 0.2) is 0 Å². The highest BCUT2D eigenvalue weighted by atomic mass is 15.2. The number of aromatic nitrogens is 2. The molecular weight excluding hydrogens is 200 g/mol. The molecule has 1 atom stereocenters. The largest absolute Gasteiger partial charge is 0.313 e. The lowest BCUT2D eigenvalue weighted by atomic mass is 10.2. The molecule has 4 heteroatoms. The van der Waals surface area contributed by atoms with Gasteiger partial charge in [-0.2, -0.15) is 0 Å². The van der Waals surface area contributed by atoms with E-state index in [0.717, 1.165) is 37.6 Å². The summed E-state index contributed by atoms with van der Waals surface area (Å²) in [6, 6.07) is 0.633. The van der Waals surface area contributed by atoms with Crippen molar-refractivity contribution in [3.05, 3.63) is 23.8 Å². The first-order chi connectivity index (χ1) is 7.74. The first-order valence-electron chi connectivity index (χ1n) is 5.97. The van der Waals surface area contributed by atoms with E-state index >= 15 is 0 Å². The van der Waals surface area contributed by atoms with Gasteiger partial charge in [0.05, 0.1) is 11.4 Å². The van der Waals surface area contributed by atoms with Gasteiger partial charge in [-0.15, -0.1) is 0 Å². The summed E-state index contributed by atoms with van der Waals surface area (Å²) in [6.07, 6.45) is 4.93. The van der Waals surface area contributed by atoms with Crippen LogP contribution in [0.3, 0.4) is 0 Å². The Bertz CT molecular complexity index is 322. The lowest BCUT2D eigenvalue weighted by molar-refractivity contribution is 0.279. The number of nitrogens with one attached hydrogen (secondary N) is 1. The van der Waals surface area contributed by atoms with Gasteiger partial charge in [-0.1, -0.05) is 0 Å². The molecular formula is C12H20N4. The predicted octanol–water partition coefficient (Wildman–Crippen LogP) is 0.969. The van der Waals surface area contributed by atoms with Gasteiger partial charge < -0.3 is 5.32 Å². The van der Waals surface area contributed by atoms with E-state index < -0.39 is 0 Å². The first kappa shape index (κ1) is 11.5. The molecule has 0 spiro atoms. The van der Waals surface area contributed by atoms with E-state index in [1.54, 1.807) is 0 Å². The fraction of sp³-hybridized carbons (Fsp3) is 0.667. The standard InChI is InChI=1S/C12H20N4/c1-10-3-5-16(6-4-13-10)9-12-8-14-11(2)7-15-12/h7-8,10,13H,3-6,9H2,1-2H3. The molecule has 0 aliphatic carbocycles. The van der Waals surface area contributed by atoms with E-state index in [1.165, 1.54) is 6.42 Å². The third-order valence-corrected chi connectivity index (χ3v) is 3.02. The molecule has 1 N–H and O–H groups in total. The van der Waals surface area contributed by atoms with E-state index in [0.29, 0.717) is 6.04 Å². The summed E-state index contributed by atoms with van der Waals surface area (Å²) in [5.74, 6) is 0. The van der Waals surface area contributed by atoms with E-state index in [2.05, 4.69) is 27.1 Å². The Morgan fingerprint density at radius 2 is 2.25 bits per heavy atom. The van der Waals surface area contributed by atoms with Gasteiger partial charge in [-0.3, -0.25) is 14.9 Å². The highest BCUT2D eigenvalue weighted by Gasteiger charge is 2.13. The second-order valence-corrected chi connectivity index (χ2v) is 4.57. The van der Waals surface area contributed by atoms with Gasteiger partial charge in [0, 0.05) is 44.6 Å². The Kier molecular flexibility index (Phi) is 3.85. The van der Waals surface area contributed by atoms with Crippen molar-refractivity contribution in [2.75, 3.05) is 19.6 Å². The zero-order valence-corrected chi connectivity index (χ0v) is 10.1. The molecule has 1 saturated heterocycles. The minimum absolute atomic E-state index is 0.633. The first-order valence-corrected chi connectivity index (χ1v) is 5.97. The summed E-state index contributed by atoms with van der Waals surface area (Å²) < 4.78 is 0. The SMILES string of the molecule is Cc1cnc(CN2CCNC(C)CC2)cn1. The molecule has 1 aromatic rings. The smallest absolute Gasteiger partial charge is 0.0727 e. The summed E-state index contributed by atoms with van der Waals surface area (Å²) >= 11 is 0. The molecule has 4 nitrogen and oxygen atoms in total. The summed E-state index contributed by atoms with van der Waals surface area (Å²) in [4.78, 5) is 11.1. The van der Waals surface area contributed by atoms with Crippen LogP contribution in [0.1, 0.15) is 24.7 Å². The monoisotopic (exact) mass is 220 g/mol. The third kappa shape index (κ3) is 3.25. The van der Waals surface area contributed by atoms with Crippen molar-refractivity contribution in [3.8, 4) is 0 Å². The summed E-state index contributed by atoms with van der Waals surface area (Å²) in [7, 11) is 0. The van der Waals surface area contributed by atoms with Crippen molar-refractivity contribution >= 4 is 0 Å². The van der Waals surface area contributed by atoms with Crippen LogP contribution in [0.15, 0.2) is 12.4 Å². The second-order valence-electron chi connectivity index (χ2n) is 4.57. The van der Waals surface area contributed by atoms with Crippen molar-refractivity contribution < 1.29 is 0 Å². The Hall–Kier alpha value is -1.00. The summed E-state index contributed by atoms with van der Waals surface area (Å²) in [5, 5.41) is 3.49. The molecule has 16 heavy (non-hydrogen) atoms. The van der Waals surface area contributed by atoms with Crippen molar-refractivity contribution in [1.82, 2.24) is 20.2 Å². The van der Waals surface area contributed by atoms with Gasteiger partial charge >= 0.3 is 0 Å². The Morgan fingerprint density at radius 3 is 3.00 bits per heavy atom. The van der Waals surface area contributed by atoms with E-state index in [-0.39, 0.29) is 0 Å².